The molecule has 10 atom stereocenters. The summed E-state index contributed by atoms with van der Waals surface area (Å²) in [6, 6.07) is 5.06. The van der Waals surface area contributed by atoms with Gasteiger partial charge in [0.25, 0.3) is 0 Å². The predicted octanol–water partition coefficient (Wildman–Crippen LogP) is -2.62. The molecular formula is C21H30O12. The summed E-state index contributed by atoms with van der Waals surface area (Å²) in [7, 11) is 1.43. The summed E-state index contributed by atoms with van der Waals surface area (Å²) in [5, 5.41) is 69.7. The van der Waals surface area contributed by atoms with Gasteiger partial charge in [-0.25, -0.2) is 0 Å². The number of rotatable bonds is 8. The van der Waals surface area contributed by atoms with Crippen molar-refractivity contribution < 1.29 is 59.4 Å². The average molecular weight is 474 g/mol. The molecule has 33 heavy (non-hydrogen) atoms. The molecule has 2 fully saturated rings. The number of benzene rings is 1. The third-order valence-electron chi connectivity index (χ3n) is 5.49. The second-order valence-electron chi connectivity index (χ2n) is 7.81. The zero-order chi connectivity index (χ0) is 24.3. The Hall–Kier alpha value is -1.84. The lowest BCUT2D eigenvalue weighted by Gasteiger charge is -2.42. The maximum atomic E-state index is 10.3. The van der Waals surface area contributed by atoms with Gasteiger partial charge in [0.2, 0.25) is 6.29 Å². The summed E-state index contributed by atoms with van der Waals surface area (Å²) in [5.41, 5.74) is 0.904. The van der Waals surface area contributed by atoms with E-state index in [0.717, 1.165) is 5.56 Å². The number of aliphatic hydroxyl groups excluding tert-OH is 7. The van der Waals surface area contributed by atoms with Crippen LogP contribution in [0.3, 0.4) is 0 Å². The van der Waals surface area contributed by atoms with Gasteiger partial charge in [0.1, 0.15) is 42.7 Å². The van der Waals surface area contributed by atoms with Gasteiger partial charge >= 0.3 is 0 Å². The fourth-order valence-electron chi connectivity index (χ4n) is 3.54. The topological polar surface area (TPSA) is 188 Å². The van der Waals surface area contributed by atoms with Gasteiger partial charge in [-0.15, -0.1) is 6.58 Å². The lowest BCUT2D eigenvalue weighted by Crippen LogP contribution is -2.61. The molecule has 0 unspecified atom stereocenters. The van der Waals surface area contributed by atoms with Crippen LogP contribution in [0.2, 0.25) is 0 Å². The molecule has 0 bridgehead atoms. The summed E-state index contributed by atoms with van der Waals surface area (Å²) < 4.78 is 26.8. The molecule has 0 spiro atoms. The van der Waals surface area contributed by atoms with Crippen LogP contribution in [-0.2, 0) is 20.6 Å². The van der Waals surface area contributed by atoms with Gasteiger partial charge in [-0.1, -0.05) is 12.1 Å². The average Bonchev–Trinajstić information content (AvgIpc) is 2.81. The number of aliphatic hydroxyl groups is 7. The molecule has 2 aliphatic rings. The number of ether oxygens (including phenoxy) is 5. The van der Waals surface area contributed by atoms with Gasteiger partial charge in [0, 0.05) is 0 Å². The highest BCUT2D eigenvalue weighted by atomic mass is 16.8. The number of hydrogen-bond donors (Lipinski definition) is 7. The second kappa shape index (κ2) is 11.1. The molecule has 1 aromatic carbocycles. The van der Waals surface area contributed by atoms with Crippen molar-refractivity contribution in [2.75, 3.05) is 13.7 Å². The summed E-state index contributed by atoms with van der Waals surface area (Å²) in [4.78, 5) is 0. The van der Waals surface area contributed by atoms with E-state index in [0.29, 0.717) is 12.2 Å². The first-order valence-electron chi connectivity index (χ1n) is 10.3. The predicted molar refractivity (Wildman–Crippen MR) is 109 cm³/mol. The molecule has 0 aromatic heterocycles. The van der Waals surface area contributed by atoms with Crippen molar-refractivity contribution in [2.45, 2.75) is 68.0 Å². The number of hydrogen-bond acceptors (Lipinski definition) is 12. The molecule has 7 N–H and O–H groups in total. The Balaban J connectivity index is 1.68. The number of allylic oxidation sites excluding steroid dienone is 1. The van der Waals surface area contributed by atoms with Crippen LogP contribution in [0, 0.1) is 0 Å². The van der Waals surface area contributed by atoms with Crippen LogP contribution >= 0.6 is 0 Å². The Bertz CT molecular complexity index is 791. The fraction of sp³-hybridized carbons (Fsp3) is 0.619. The SMILES string of the molecule is C=CCc1ccc(O[C@@H]2O[C@H](CO[C@H]3O[C@H](O)[C@@H](O)[C@H](O)[C@@H]3O)[C@@H](O)[C@H](O)[C@H]2O)c(OC)c1. The van der Waals surface area contributed by atoms with Gasteiger partial charge in [-0.05, 0) is 24.1 Å². The maximum absolute atomic E-state index is 10.3. The maximum Gasteiger partial charge on any atom is 0.229 e. The molecule has 2 heterocycles. The van der Waals surface area contributed by atoms with Gasteiger partial charge in [-0.2, -0.15) is 0 Å². The van der Waals surface area contributed by atoms with Crippen LogP contribution in [0.25, 0.3) is 0 Å². The van der Waals surface area contributed by atoms with E-state index in [1.807, 2.05) is 0 Å². The Kier molecular flexibility index (Phi) is 8.64. The van der Waals surface area contributed by atoms with E-state index >= 15 is 0 Å². The Labute approximate surface area is 189 Å². The van der Waals surface area contributed by atoms with E-state index < -0.39 is 68.2 Å². The van der Waals surface area contributed by atoms with Crippen molar-refractivity contribution in [3.05, 3.63) is 36.4 Å². The lowest BCUT2D eigenvalue weighted by molar-refractivity contribution is -0.350. The Morgan fingerprint density at radius 1 is 0.848 bits per heavy atom. The third-order valence-corrected chi connectivity index (χ3v) is 5.49. The fourth-order valence-corrected chi connectivity index (χ4v) is 3.54. The molecule has 2 aliphatic heterocycles. The summed E-state index contributed by atoms with van der Waals surface area (Å²) in [6.07, 6.45) is -13.8. The molecule has 3 rings (SSSR count). The van der Waals surface area contributed by atoms with Crippen molar-refractivity contribution in [2.24, 2.45) is 0 Å². The van der Waals surface area contributed by atoms with Gasteiger partial charge in [0.15, 0.2) is 24.1 Å². The quantitative estimate of drug-likeness (QED) is 0.195. The third kappa shape index (κ3) is 5.63. The summed E-state index contributed by atoms with van der Waals surface area (Å²) in [5.74, 6) is 0.558. The summed E-state index contributed by atoms with van der Waals surface area (Å²) >= 11 is 0. The molecule has 0 radical (unpaired) electrons. The highest BCUT2D eigenvalue weighted by Crippen LogP contribution is 2.32. The zero-order valence-corrected chi connectivity index (χ0v) is 17.9. The van der Waals surface area contributed by atoms with E-state index in [4.69, 9.17) is 23.7 Å². The van der Waals surface area contributed by atoms with Crippen molar-refractivity contribution in [3.8, 4) is 11.5 Å². The molecule has 1 aromatic rings. The minimum absolute atomic E-state index is 0.212. The van der Waals surface area contributed by atoms with Crippen LogP contribution in [0.5, 0.6) is 11.5 Å². The zero-order valence-electron chi connectivity index (χ0n) is 17.9. The normalized spacial score (nSPS) is 39.2. The number of methoxy groups -OCH3 is 1. The molecule has 12 nitrogen and oxygen atoms in total. The standard InChI is InChI=1S/C21H30O12/c1-3-4-9-5-6-10(11(7-9)29-2)31-21-18(27)14(23)13(22)12(32-21)8-30-20-17(26)15(24)16(25)19(28)33-20/h3,5-7,12-28H,1,4,8H2,2H3/t12-,13-,14+,15+,16+,17+,18-,19+,20+,21-/m1/s1. The molecule has 0 aliphatic carbocycles. The van der Waals surface area contributed by atoms with E-state index in [2.05, 4.69) is 6.58 Å². The molecular weight excluding hydrogens is 444 g/mol. The van der Waals surface area contributed by atoms with Crippen molar-refractivity contribution >= 4 is 0 Å². The van der Waals surface area contributed by atoms with E-state index in [9.17, 15) is 35.7 Å². The minimum Gasteiger partial charge on any atom is -0.493 e. The van der Waals surface area contributed by atoms with Crippen LogP contribution < -0.4 is 9.47 Å². The minimum atomic E-state index is -1.81. The van der Waals surface area contributed by atoms with Crippen molar-refractivity contribution in [1.29, 1.82) is 0 Å². The first-order valence-corrected chi connectivity index (χ1v) is 10.3. The largest absolute Gasteiger partial charge is 0.493 e. The highest BCUT2D eigenvalue weighted by molar-refractivity contribution is 5.43. The lowest BCUT2D eigenvalue weighted by atomic mass is 9.99. The van der Waals surface area contributed by atoms with E-state index in [1.54, 1.807) is 24.3 Å². The van der Waals surface area contributed by atoms with Crippen LogP contribution in [0.15, 0.2) is 30.9 Å². The summed E-state index contributed by atoms with van der Waals surface area (Å²) in [6.45, 7) is 3.19. The van der Waals surface area contributed by atoms with Crippen LogP contribution in [-0.4, -0.2) is 111 Å². The van der Waals surface area contributed by atoms with E-state index in [-0.39, 0.29) is 5.75 Å². The Morgan fingerprint density at radius 2 is 1.52 bits per heavy atom. The van der Waals surface area contributed by atoms with Gasteiger partial charge < -0.3 is 59.4 Å². The van der Waals surface area contributed by atoms with E-state index in [1.165, 1.54) is 7.11 Å². The van der Waals surface area contributed by atoms with Crippen molar-refractivity contribution in [3.63, 3.8) is 0 Å². The molecule has 2 saturated heterocycles. The molecule has 186 valence electrons. The van der Waals surface area contributed by atoms with Gasteiger partial charge in [0.05, 0.1) is 13.7 Å². The smallest absolute Gasteiger partial charge is 0.229 e. The van der Waals surface area contributed by atoms with Crippen LogP contribution in [0.4, 0.5) is 0 Å². The molecule has 12 heteroatoms. The highest BCUT2D eigenvalue weighted by Gasteiger charge is 2.47. The van der Waals surface area contributed by atoms with Gasteiger partial charge in [-0.3, -0.25) is 0 Å². The molecule has 0 saturated carbocycles. The van der Waals surface area contributed by atoms with Crippen LogP contribution in [0.1, 0.15) is 5.56 Å². The second-order valence-corrected chi connectivity index (χ2v) is 7.81. The first kappa shape index (κ1) is 25.8. The monoisotopic (exact) mass is 474 g/mol. The molecule has 0 amide bonds. The van der Waals surface area contributed by atoms with Crippen molar-refractivity contribution in [1.82, 2.24) is 0 Å². The first-order chi connectivity index (χ1) is 15.7. The Morgan fingerprint density at radius 3 is 2.18 bits per heavy atom.